The molecule has 0 aliphatic heterocycles. The third-order valence-electron chi connectivity index (χ3n) is 4.51. The maximum absolute atomic E-state index is 8.67. The lowest BCUT2D eigenvalue weighted by Gasteiger charge is -2.19. The van der Waals surface area contributed by atoms with Crippen LogP contribution < -0.4 is 10.5 Å². The first kappa shape index (κ1) is 13.3. The molecule has 20 heavy (non-hydrogen) atoms. The molecule has 0 heterocycles. The van der Waals surface area contributed by atoms with Crippen molar-refractivity contribution in [1.29, 1.82) is 0 Å². The molecule has 0 atom stereocenters. The monoisotopic (exact) mass is 274 g/mol. The Morgan fingerprint density at radius 1 is 1.25 bits per heavy atom. The number of rotatable bonds is 5. The Balaban J connectivity index is 1.61. The number of amidine groups is 1. The van der Waals surface area contributed by atoms with E-state index in [1.54, 1.807) is 0 Å². The molecule has 0 amide bonds. The Labute approximate surface area is 119 Å². The molecule has 1 fully saturated rings. The quantitative estimate of drug-likeness (QED) is 0.375. The molecule has 108 valence electrons. The summed E-state index contributed by atoms with van der Waals surface area (Å²) >= 11 is 0. The molecule has 0 aromatic heterocycles. The van der Waals surface area contributed by atoms with Crippen LogP contribution in [0.1, 0.15) is 43.2 Å². The molecule has 2 aliphatic rings. The van der Waals surface area contributed by atoms with Crippen molar-refractivity contribution in [1.82, 2.24) is 0 Å². The summed E-state index contributed by atoms with van der Waals surface area (Å²) in [5.41, 5.74) is 8.61. The summed E-state index contributed by atoms with van der Waals surface area (Å²) in [6.45, 7) is 0.655. The van der Waals surface area contributed by atoms with Crippen LogP contribution in [0.2, 0.25) is 0 Å². The highest BCUT2D eigenvalue weighted by molar-refractivity contribution is 5.80. The molecule has 4 heteroatoms. The first-order valence-electron chi connectivity index (χ1n) is 7.42. The van der Waals surface area contributed by atoms with E-state index in [1.165, 1.54) is 36.8 Å². The number of nitrogens with zero attached hydrogens (tertiary/aromatic N) is 1. The highest BCUT2D eigenvalue weighted by Gasteiger charge is 2.44. The van der Waals surface area contributed by atoms with E-state index in [0.29, 0.717) is 18.9 Å². The van der Waals surface area contributed by atoms with Gasteiger partial charge < -0.3 is 15.7 Å². The van der Waals surface area contributed by atoms with E-state index in [-0.39, 0.29) is 5.41 Å². The van der Waals surface area contributed by atoms with Crippen molar-refractivity contribution in [3.8, 4) is 5.75 Å². The second-order valence-electron chi connectivity index (χ2n) is 6.19. The summed E-state index contributed by atoms with van der Waals surface area (Å²) in [5.74, 6) is 1.26. The fraction of sp³-hybridized carbons (Fsp3) is 0.562. The van der Waals surface area contributed by atoms with Crippen LogP contribution in [0.5, 0.6) is 5.75 Å². The van der Waals surface area contributed by atoms with E-state index < -0.39 is 0 Å². The van der Waals surface area contributed by atoms with E-state index in [1.807, 2.05) is 0 Å². The van der Waals surface area contributed by atoms with Gasteiger partial charge in [0.15, 0.2) is 0 Å². The van der Waals surface area contributed by atoms with E-state index >= 15 is 0 Å². The van der Waals surface area contributed by atoms with Crippen LogP contribution in [0, 0.1) is 5.41 Å². The number of benzene rings is 1. The van der Waals surface area contributed by atoms with Gasteiger partial charge in [0, 0.05) is 11.8 Å². The summed E-state index contributed by atoms with van der Waals surface area (Å²) in [6, 6.07) is 6.46. The molecule has 4 nitrogen and oxygen atoms in total. The lowest BCUT2D eigenvalue weighted by Crippen LogP contribution is -2.22. The summed E-state index contributed by atoms with van der Waals surface area (Å²) in [6.07, 6.45) is 7.75. The average molecular weight is 274 g/mol. The minimum atomic E-state index is 0.0895. The minimum absolute atomic E-state index is 0.0895. The van der Waals surface area contributed by atoms with Crippen LogP contribution in [-0.4, -0.2) is 17.6 Å². The Kier molecular flexibility index (Phi) is 3.55. The highest BCUT2D eigenvalue weighted by Crippen LogP contribution is 2.49. The van der Waals surface area contributed by atoms with Gasteiger partial charge in [0.2, 0.25) is 0 Å². The van der Waals surface area contributed by atoms with E-state index in [0.717, 1.165) is 18.6 Å². The Morgan fingerprint density at radius 3 is 2.70 bits per heavy atom. The van der Waals surface area contributed by atoms with E-state index in [2.05, 4.69) is 23.4 Å². The van der Waals surface area contributed by atoms with Crippen molar-refractivity contribution < 1.29 is 9.94 Å². The maximum atomic E-state index is 8.67. The largest absolute Gasteiger partial charge is 0.493 e. The van der Waals surface area contributed by atoms with Gasteiger partial charge in [-0.05, 0) is 61.8 Å². The standard InChI is InChI=1S/C16H22N2O2/c17-15(18-19)10-16(7-8-16)11-20-14-6-5-12-3-1-2-4-13(12)9-14/h5-6,9,19H,1-4,7-8,10-11H2,(H2,17,18). The number of hydrogen-bond donors (Lipinski definition) is 2. The molecule has 1 aromatic rings. The van der Waals surface area contributed by atoms with Gasteiger partial charge in [-0.15, -0.1) is 0 Å². The molecule has 3 rings (SSSR count). The van der Waals surface area contributed by atoms with Gasteiger partial charge in [-0.2, -0.15) is 0 Å². The van der Waals surface area contributed by atoms with Crippen LogP contribution >= 0.6 is 0 Å². The molecule has 0 saturated heterocycles. The van der Waals surface area contributed by atoms with Crippen molar-refractivity contribution in [3.63, 3.8) is 0 Å². The zero-order valence-electron chi connectivity index (χ0n) is 11.8. The fourth-order valence-corrected chi connectivity index (χ4v) is 3.00. The number of fused-ring (bicyclic) bond motifs is 1. The third kappa shape index (κ3) is 2.89. The summed E-state index contributed by atoms with van der Waals surface area (Å²) < 4.78 is 5.95. The Bertz CT molecular complexity index is 521. The molecule has 0 unspecified atom stereocenters. The maximum Gasteiger partial charge on any atom is 0.139 e. The van der Waals surface area contributed by atoms with Crippen molar-refractivity contribution in [2.24, 2.45) is 16.3 Å². The first-order chi connectivity index (χ1) is 9.71. The molecule has 0 radical (unpaired) electrons. The molecular weight excluding hydrogens is 252 g/mol. The van der Waals surface area contributed by atoms with Gasteiger partial charge in [-0.1, -0.05) is 11.2 Å². The van der Waals surface area contributed by atoms with Crippen LogP contribution in [0.3, 0.4) is 0 Å². The zero-order valence-corrected chi connectivity index (χ0v) is 11.8. The third-order valence-corrected chi connectivity index (χ3v) is 4.51. The van der Waals surface area contributed by atoms with Gasteiger partial charge in [-0.25, -0.2) is 0 Å². The van der Waals surface area contributed by atoms with E-state index in [9.17, 15) is 0 Å². The molecule has 0 spiro atoms. The number of aryl methyl sites for hydroxylation is 2. The summed E-state index contributed by atoms with van der Waals surface area (Å²) in [7, 11) is 0. The van der Waals surface area contributed by atoms with Crippen LogP contribution in [0.25, 0.3) is 0 Å². The number of ether oxygens (including phenoxy) is 1. The van der Waals surface area contributed by atoms with Gasteiger partial charge >= 0.3 is 0 Å². The van der Waals surface area contributed by atoms with Crippen LogP contribution in [0.15, 0.2) is 23.4 Å². The van der Waals surface area contributed by atoms with Gasteiger partial charge in [0.25, 0.3) is 0 Å². The van der Waals surface area contributed by atoms with Crippen molar-refractivity contribution in [3.05, 3.63) is 29.3 Å². The normalized spacial score (nSPS) is 20.3. The fourth-order valence-electron chi connectivity index (χ4n) is 3.00. The second-order valence-corrected chi connectivity index (χ2v) is 6.19. The number of hydrogen-bond acceptors (Lipinski definition) is 3. The summed E-state index contributed by atoms with van der Waals surface area (Å²) in [4.78, 5) is 0. The zero-order chi connectivity index (χ0) is 14.0. The predicted octanol–water partition coefficient (Wildman–Crippen LogP) is 2.86. The van der Waals surface area contributed by atoms with Gasteiger partial charge in [0.05, 0.1) is 6.61 Å². The van der Waals surface area contributed by atoms with Gasteiger partial charge in [0.1, 0.15) is 11.6 Å². The second kappa shape index (κ2) is 5.35. The van der Waals surface area contributed by atoms with E-state index in [4.69, 9.17) is 15.7 Å². The summed E-state index contributed by atoms with van der Waals surface area (Å²) in [5, 5.41) is 11.7. The lowest BCUT2D eigenvalue weighted by molar-refractivity contribution is 0.236. The number of oxime groups is 1. The SMILES string of the molecule is NC(CC1(COc2ccc3c(c2)CCCC3)CC1)=NO. The van der Waals surface area contributed by atoms with Crippen LogP contribution in [0.4, 0.5) is 0 Å². The van der Waals surface area contributed by atoms with Crippen molar-refractivity contribution in [2.45, 2.75) is 44.9 Å². The number of nitrogens with two attached hydrogens (primary N) is 1. The van der Waals surface area contributed by atoms with Crippen molar-refractivity contribution in [2.75, 3.05) is 6.61 Å². The highest BCUT2D eigenvalue weighted by atomic mass is 16.5. The molecule has 0 bridgehead atoms. The predicted molar refractivity (Wildman–Crippen MR) is 78.3 cm³/mol. The Morgan fingerprint density at radius 2 is 2.00 bits per heavy atom. The molecule has 1 aromatic carbocycles. The Hall–Kier alpha value is -1.71. The smallest absolute Gasteiger partial charge is 0.139 e. The molecule has 2 aliphatic carbocycles. The molecule has 1 saturated carbocycles. The van der Waals surface area contributed by atoms with Crippen molar-refractivity contribution >= 4 is 5.84 Å². The lowest BCUT2D eigenvalue weighted by atomic mass is 9.92. The first-order valence-corrected chi connectivity index (χ1v) is 7.42. The topological polar surface area (TPSA) is 67.8 Å². The van der Waals surface area contributed by atoms with Gasteiger partial charge in [-0.3, -0.25) is 0 Å². The molecular formula is C16H22N2O2. The average Bonchev–Trinajstić information content (AvgIpc) is 3.25. The molecule has 3 N–H and O–H groups in total. The van der Waals surface area contributed by atoms with Crippen LogP contribution in [-0.2, 0) is 12.8 Å². The minimum Gasteiger partial charge on any atom is -0.493 e.